The summed E-state index contributed by atoms with van der Waals surface area (Å²) in [4.78, 5) is 32.5. The summed E-state index contributed by atoms with van der Waals surface area (Å²) in [6, 6.07) is 21.9. The fourth-order valence-corrected chi connectivity index (χ4v) is 6.37. The molecule has 0 aliphatic heterocycles. The second-order valence-electron chi connectivity index (χ2n) is 9.32. The summed E-state index contributed by atoms with van der Waals surface area (Å²) in [5.74, 6) is -1.48. The van der Waals surface area contributed by atoms with Crippen molar-refractivity contribution < 1.29 is 23.1 Å². The van der Waals surface area contributed by atoms with Crippen LogP contribution in [0.4, 0.5) is 5.69 Å². The molecule has 3 aromatic carbocycles. The molecule has 10 heteroatoms. The Morgan fingerprint density at radius 3 is 2.52 bits per heavy atom. The van der Waals surface area contributed by atoms with Crippen LogP contribution in [0.3, 0.4) is 0 Å². The maximum absolute atomic E-state index is 13.9. The van der Waals surface area contributed by atoms with E-state index in [4.69, 9.17) is 5.26 Å². The number of carbonyl (C=O) groups excluding carboxylic acids is 1. The number of H-pyrrole nitrogens is 1. The molecular weight excluding hydrogens is 528 g/mol. The molecule has 9 nitrogen and oxygen atoms in total. The monoisotopic (exact) mass is 552 g/mol. The van der Waals surface area contributed by atoms with Crippen LogP contribution in [0.15, 0.2) is 83.9 Å². The van der Waals surface area contributed by atoms with E-state index in [1.807, 2.05) is 12.1 Å². The van der Waals surface area contributed by atoms with Crippen molar-refractivity contribution in [2.45, 2.75) is 24.7 Å². The number of rotatable bonds is 9. The maximum atomic E-state index is 13.9. The quantitative estimate of drug-likeness (QED) is 0.245. The first-order valence-corrected chi connectivity index (χ1v) is 13.9. The Bertz CT molecular complexity index is 1920. The summed E-state index contributed by atoms with van der Waals surface area (Å²) < 4.78 is 28.6. The second kappa shape index (κ2) is 10.6. The van der Waals surface area contributed by atoms with Gasteiger partial charge in [-0.2, -0.15) is 5.26 Å². The van der Waals surface area contributed by atoms with E-state index in [0.29, 0.717) is 39.5 Å². The molecule has 0 amide bonds. The van der Waals surface area contributed by atoms with Crippen LogP contribution in [0.2, 0.25) is 0 Å². The predicted molar refractivity (Wildman–Crippen MR) is 151 cm³/mol. The number of fused-ring (bicyclic) bond motifs is 2. The standard InChI is InChI=1S/C30H24N4O5S/c1-19-29(26(35)14-11-20-7-9-21(17-31)10-8-20)24-16-23(12-13-25(24)33-19)34(18-28(36)37)40(38,39)27-6-2-4-22-5-3-15-32-30(22)27/h2-10,12-13,15-16,33H,11,14,18H2,1H3,(H,36,37). The number of pyridine rings is 1. The van der Waals surface area contributed by atoms with Gasteiger partial charge in [-0.15, -0.1) is 0 Å². The zero-order valence-electron chi connectivity index (χ0n) is 21.5. The number of nitrogens with one attached hydrogen (secondary N) is 1. The molecule has 2 N–H and O–H groups in total. The molecule has 0 saturated carbocycles. The van der Waals surface area contributed by atoms with Crippen molar-refractivity contribution in [2.75, 3.05) is 10.8 Å². The number of benzene rings is 3. The number of aliphatic carboxylic acids is 1. The Kier molecular flexibility index (Phi) is 7.07. The van der Waals surface area contributed by atoms with Crippen LogP contribution < -0.4 is 4.31 Å². The number of ketones is 1. The summed E-state index contributed by atoms with van der Waals surface area (Å²) in [6.07, 6.45) is 2.14. The molecule has 2 heterocycles. The van der Waals surface area contributed by atoms with Gasteiger partial charge in [-0.05, 0) is 61.4 Å². The molecule has 40 heavy (non-hydrogen) atoms. The Morgan fingerprint density at radius 1 is 1.05 bits per heavy atom. The van der Waals surface area contributed by atoms with Gasteiger partial charge in [0.15, 0.2) is 5.78 Å². The molecule has 0 aliphatic rings. The van der Waals surface area contributed by atoms with E-state index in [-0.39, 0.29) is 28.3 Å². The lowest BCUT2D eigenvalue weighted by Gasteiger charge is -2.23. The van der Waals surface area contributed by atoms with Gasteiger partial charge < -0.3 is 10.1 Å². The third kappa shape index (κ3) is 5.02. The zero-order valence-corrected chi connectivity index (χ0v) is 22.3. The minimum atomic E-state index is -4.35. The molecule has 0 fully saturated rings. The smallest absolute Gasteiger partial charge is 0.324 e. The number of aryl methyl sites for hydroxylation is 2. The summed E-state index contributed by atoms with van der Waals surface area (Å²) >= 11 is 0. The fraction of sp³-hybridized carbons (Fsp3) is 0.133. The summed E-state index contributed by atoms with van der Waals surface area (Å²) in [5.41, 5.74) is 3.47. The molecule has 2 aromatic heterocycles. The molecule has 5 aromatic rings. The number of aromatic amines is 1. The van der Waals surface area contributed by atoms with Crippen LogP contribution in [-0.4, -0.2) is 41.8 Å². The topological polar surface area (TPSA) is 144 Å². The molecule has 0 saturated heterocycles. The van der Waals surface area contributed by atoms with Crippen molar-refractivity contribution in [3.8, 4) is 6.07 Å². The highest BCUT2D eigenvalue weighted by Gasteiger charge is 2.30. The SMILES string of the molecule is Cc1[nH]c2ccc(N(CC(=O)O)S(=O)(=O)c3cccc4cccnc34)cc2c1C(=O)CCc1ccc(C#N)cc1. The predicted octanol–water partition coefficient (Wildman–Crippen LogP) is 4.99. The molecule has 0 atom stereocenters. The number of aromatic nitrogens is 2. The van der Waals surface area contributed by atoms with Gasteiger partial charge >= 0.3 is 5.97 Å². The number of sulfonamides is 1. The van der Waals surface area contributed by atoms with Crippen molar-refractivity contribution in [1.82, 2.24) is 9.97 Å². The van der Waals surface area contributed by atoms with E-state index in [9.17, 15) is 23.1 Å². The number of nitrogens with zero attached hydrogens (tertiary/aromatic N) is 3. The molecule has 5 rings (SSSR count). The van der Waals surface area contributed by atoms with E-state index in [1.165, 1.54) is 24.4 Å². The Balaban J connectivity index is 1.54. The first kappa shape index (κ1) is 26.6. The lowest BCUT2D eigenvalue weighted by Crippen LogP contribution is -2.36. The Morgan fingerprint density at radius 2 is 1.80 bits per heavy atom. The number of hydrogen-bond donors (Lipinski definition) is 2. The van der Waals surface area contributed by atoms with Gasteiger partial charge in [0.2, 0.25) is 0 Å². The maximum Gasteiger partial charge on any atom is 0.324 e. The third-order valence-corrected chi connectivity index (χ3v) is 8.51. The molecule has 0 unspecified atom stereocenters. The highest BCUT2D eigenvalue weighted by molar-refractivity contribution is 7.93. The van der Waals surface area contributed by atoms with Gasteiger partial charge in [0.25, 0.3) is 10.0 Å². The number of carboxylic acids is 1. The molecule has 0 spiro atoms. The average molecular weight is 553 g/mol. The van der Waals surface area contributed by atoms with Gasteiger partial charge in [0.1, 0.15) is 11.4 Å². The Labute approximate surface area is 230 Å². The summed E-state index contributed by atoms with van der Waals surface area (Å²) in [7, 11) is -4.35. The molecular formula is C30H24N4O5S. The van der Waals surface area contributed by atoms with Crippen molar-refractivity contribution in [3.05, 3.63) is 101 Å². The highest BCUT2D eigenvalue weighted by atomic mass is 32.2. The molecule has 0 aliphatic carbocycles. The minimum absolute atomic E-state index is 0.114. The number of nitriles is 1. The largest absolute Gasteiger partial charge is 0.480 e. The summed E-state index contributed by atoms with van der Waals surface area (Å²) in [6.45, 7) is 0.949. The number of para-hydroxylation sites is 1. The average Bonchev–Trinajstić information content (AvgIpc) is 3.29. The highest BCUT2D eigenvalue weighted by Crippen LogP contribution is 2.32. The van der Waals surface area contributed by atoms with Crippen molar-refractivity contribution in [2.24, 2.45) is 0 Å². The number of anilines is 1. The lowest BCUT2D eigenvalue weighted by molar-refractivity contribution is -0.135. The van der Waals surface area contributed by atoms with Crippen molar-refractivity contribution in [3.63, 3.8) is 0 Å². The van der Waals surface area contributed by atoms with Crippen molar-refractivity contribution >= 4 is 49.3 Å². The van der Waals surface area contributed by atoms with E-state index >= 15 is 0 Å². The van der Waals surface area contributed by atoms with Crippen LogP contribution in [-0.2, 0) is 21.2 Å². The van der Waals surface area contributed by atoms with Crippen LogP contribution in [0, 0.1) is 18.3 Å². The number of carbonyl (C=O) groups is 2. The number of Topliss-reactive ketones (excluding diaryl/α,β-unsaturated/α-hetero) is 1. The molecule has 200 valence electrons. The van der Waals surface area contributed by atoms with Crippen LogP contribution >= 0.6 is 0 Å². The van der Waals surface area contributed by atoms with Crippen LogP contribution in [0.1, 0.15) is 33.6 Å². The zero-order chi connectivity index (χ0) is 28.4. The Hall–Kier alpha value is -5.01. The van der Waals surface area contributed by atoms with Crippen LogP contribution in [0.25, 0.3) is 21.8 Å². The number of hydrogen-bond acceptors (Lipinski definition) is 6. The third-order valence-electron chi connectivity index (χ3n) is 6.70. The fourth-order valence-electron chi connectivity index (χ4n) is 4.80. The minimum Gasteiger partial charge on any atom is -0.480 e. The van der Waals surface area contributed by atoms with Crippen molar-refractivity contribution in [1.29, 1.82) is 5.26 Å². The van der Waals surface area contributed by atoms with E-state index in [0.717, 1.165) is 9.87 Å². The van der Waals surface area contributed by atoms with E-state index < -0.39 is 22.5 Å². The van der Waals surface area contributed by atoms with Crippen LogP contribution in [0.5, 0.6) is 0 Å². The second-order valence-corrected chi connectivity index (χ2v) is 11.2. The normalized spacial score (nSPS) is 11.4. The van der Waals surface area contributed by atoms with Gasteiger partial charge in [0, 0.05) is 40.2 Å². The molecule has 0 radical (unpaired) electrons. The number of carboxylic acid groups (broad SMARTS) is 1. The molecule has 0 bridgehead atoms. The van der Waals surface area contributed by atoms with Gasteiger partial charge in [-0.3, -0.25) is 18.9 Å². The van der Waals surface area contributed by atoms with Gasteiger partial charge in [0.05, 0.1) is 22.8 Å². The lowest BCUT2D eigenvalue weighted by atomic mass is 9.99. The summed E-state index contributed by atoms with van der Waals surface area (Å²) in [5, 5.41) is 19.7. The van der Waals surface area contributed by atoms with Gasteiger partial charge in [-0.25, -0.2) is 8.42 Å². The van der Waals surface area contributed by atoms with E-state index in [1.54, 1.807) is 49.4 Å². The van der Waals surface area contributed by atoms with E-state index in [2.05, 4.69) is 16.0 Å². The first-order valence-electron chi connectivity index (χ1n) is 12.4. The first-order chi connectivity index (χ1) is 19.2. The van der Waals surface area contributed by atoms with Gasteiger partial charge in [-0.1, -0.05) is 30.3 Å².